The Kier molecular flexibility index (Phi) is 3.88. The van der Waals surface area contributed by atoms with E-state index in [0.717, 1.165) is 23.9 Å². The molecule has 1 aliphatic rings. The molecule has 2 aromatic heterocycles. The number of rotatable bonds is 3. The van der Waals surface area contributed by atoms with E-state index >= 15 is 0 Å². The van der Waals surface area contributed by atoms with Crippen LogP contribution in [0.15, 0.2) is 16.8 Å². The standard InChI is InChI=1S/C13H16N4OS2/c14-11-10(12(18)15-9-4-7-19-8-9)20-13(16-11)17-5-2-1-3-6-17/h4,7-8H,1-3,5-6,14H2,(H,15,18). The molecule has 0 radical (unpaired) electrons. The van der Waals surface area contributed by atoms with Gasteiger partial charge in [-0.3, -0.25) is 4.79 Å². The minimum Gasteiger partial charge on any atom is -0.382 e. The van der Waals surface area contributed by atoms with Crippen LogP contribution in [0, 0.1) is 0 Å². The first-order chi connectivity index (χ1) is 9.74. The van der Waals surface area contributed by atoms with Crippen molar-refractivity contribution in [1.29, 1.82) is 0 Å². The third kappa shape index (κ3) is 2.78. The van der Waals surface area contributed by atoms with E-state index in [2.05, 4.69) is 15.2 Å². The fourth-order valence-corrected chi connectivity index (χ4v) is 3.75. The zero-order valence-corrected chi connectivity index (χ0v) is 12.6. The molecule has 0 bridgehead atoms. The number of anilines is 3. The van der Waals surface area contributed by atoms with Gasteiger partial charge in [-0.25, -0.2) is 4.98 Å². The van der Waals surface area contributed by atoms with Gasteiger partial charge in [0.2, 0.25) is 0 Å². The number of hydrogen-bond donors (Lipinski definition) is 2. The van der Waals surface area contributed by atoms with Crippen LogP contribution in [0.5, 0.6) is 0 Å². The van der Waals surface area contributed by atoms with E-state index in [4.69, 9.17) is 5.73 Å². The number of nitrogens with one attached hydrogen (secondary N) is 1. The Labute approximate surface area is 125 Å². The third-order valence-corrected chi connectivity index (χ3v) is 5.07. The molecule has 2 aromatic rings. The Hall–Kier alpha value is -1.60. The van der Waals surface area contributed by atoms with Crippen molar-refractivity contribution in [3.8, 4) is 0 Å². The molecule has 1 amide bonds. The molecule has 3 N–H and O–H groups in total. The second-order valence-corrected chi connectivity index (χ2v) is 6.48. The summed E-state index contributed by atoms with van der Waals surface area (Å²) in [4.78, 5) is 19.3. The average molecular weight is 308 g/mol. The van der Waals surface area contributed by atoms with Crippen LogP contribution in [-0.4, -0.2) is 24.0 Å². The maximum absolute atomic E-state index is 12.2. The van der Waals surface area contributed by atoms with Crippen LogP contribution >= 0.6 is 22.7 Å². The number of carbonyl (C=O) groups excluding carboxylic acids is 1. The lowest BCUT2D eigenvalue weighted by molar-refractivity contribution is 0.103. The molecule has 20 heavy (non-hydrogen) atoms. The highest BCUT2D eigenvalue weighted by Crippen LogP contribution is 2.30. The highest BCUT2D eigenvalue weighted by Gasteiger charge is 2.21. The summed E-state index contributed by atoms with van der Waals surface area (Å²) in [7, 11) is 0. The summed E-state index contributed by atoms with van der Waals surface area (Å²) in [5, 5.41) is 7.51. The van der Waals surface area contributed by atoms with E-state index in [1.54, 1.807) is 11.3 Å². The third-order valence-electron chi connectivity index (χ3n) is 3.25. The SMILES string of the molecule is Nc1nc(N2CCCCC2)sc1C(=O)Nc1ccsc1. The summed E-state index contributed by atoms with van der Waals surface area (Å²) in [6.45, 7) is 2.00. The molecule has 5 nitrogen and oxygen atoms in total. The number of amides is 1. The second kappa shape index (κ2) is 5.80. The fraction of sp³-hybridized carbons (Fsp3) is 0.385. The van der Waals surface area contributed by atoms with Crippen LogP contribution in [0.1, 0.15) is 28.9 Å². The lowest BCUT2D eigenvalue weighted by atomic mass is 10.1. The van der Waals surface area contributed by atoms with Crippen molar-refractivity contribution < 1.29 is 4.79 Å². The Morgan fingerprint density at radius 2 is 2.15 bits per heavy atom. The second-order valence-electron chi connectivity index (χ2n) is 4.72. The Bertz CT molecular complexity index is 588. The minimum atomic E-state index is -0.179. The Morgan fingerprint density at radius 1 is 1.35 bits per heavy atom. The minimum absolute atomic E-state index is 0.179. The Morgan fingerprint density at radius 3 is 2.85 bits per heavy atom. The van der Waals surface area contributed by atoms with Crippen LogP contribution < -0.4 is 16.0 Å². The number of aromatic nitrogens is 1. The first-order valence-electron chi connectivity index (χ1n) is 6.59. The highest BCUT2D eigenvalue weighted by molar-refractivity contribution is 7.18. The van der Waals surface area contributed by atoms with Gasteiger partial charge in [0.1, 0.15) is 10.7 Å². The molecule has 0 aliphatic carbocycles. The van der Waals surface area contributed by atoms with Crippen LogP contribution in [0.2, 0.25) is 0 Å². The van der Waals surface area contributed by atoms with E-state index in [1.165, 1.54) is 30.6 Å². The van der Waals surface area contributed by atoms with Gasteiger partial charge in [-0.1, -0.05) is 11.3 Å². The van der Waals surface area contributed by atoms with Crippen molar-refractivity contribution in [2.45, 2.75) is 19.3 Å². The number of piperidine rings is 1. The van der Waals surface area contributed by atoms with E-state index in [-0.39, 0.29) is 5.91 Å². The quantitative estimate of drug-likeness (QED) is 0.914. The maximum Gasteiger partial charge on any atom is 0.269 e. The molecular formula is C13H16N4OS2. The number of thiazole rings is 1. The number of nitrogen functional groups attached to an aromatic ring is 1. The average Bonchev–Trinajstić information content (AvgIpc) is 3.09. The number of hydrogen-bond acceptors (Lipinski definition) is 6. The summed E-state index contributed by atoms with van der Waals surface area (Å²) in [5.41, 5.74) is 6.69. The molecular weight excluding hydrogens is 292 g/mol. The molecule has 3 heterocycles. The lowest BCUT2D eigenvalue weighted by Gasteiger charge is -2.25. The molecule has 3 rings (SSSR count). The predicted molar refractivity (Wildman–Crippen MR) is 84.9 cm³/mol. The topological polar surface area (TPSA) is 71.2 Å². The normalized spacial score (nSPS) is 15.3. The summed E-state index contributed by atoms with van der Waals surface area (Å²) in [6, 6.07) is 1.87. The molecule has 106 valence electrons. The van der Waals surface area contributed by atoms with Crippen molar-refractivity contribution in [3.05, 3.63) is 21.7 Å². The van der Waals surface area contributed by atoms with Gasteiger partial charge in [-0.2, -0.15) is 11.3 Å². The Balaban J connectivity index is 1.76. The highest BCUT2D eigenvalue weighted by atomic mass is 32.1. The van der Waals surface area contributed by atoms with E-state index in [1.807, 2.05) is 16.8 Å². The molecule has 0 aromatic carbocycles. The summed E-state index contributed by atoms with van der Waals surface area (Å²) in [5.74, 6) is 0.143. The van der Waals surface area contributed by atoms with Crippen LogP contribution in [0.25, 0.3) is 0 Å². The van der Waals surface area contributed by atoms with Gasteiger partial charge in [0.15, 0.2) is 5.13 Å². The number of nitrogens with zero attached hydrogens (tertiary/aromatic N) is 2. The van der Waals surface area contributed by atoms with Gasteiger partial charge >= 0.3 is 0 Å². The van der Waals surface area contributed by atoms with Crippen LogP contribution in [-0.2, 0) is 0 Å². The van der Waals surface area contributed by atoms with Gasteiger partial charge in [-0.15, -0.1) is 0 Å². The number of nitrogens with two attached hydrogens (primary N) is 1. The van der Waals surface area contributed by atoms with Gasteiger partial charge in [0.25, 0.3) is 5.91 Å². The van der Waals surface area contributed by atoms with E-state index in [0.29, 0.717) is 10.7 Å². The first kappa shape index (κ1) is 13.4. The van der Waals surface area contributed by atoms with Crippen molar-refractivity contribution in [2.24, 2.45) is 0 Å². The largest absolute Gasteiger partial charge is 0.382 e. The van der Waals surface area contributed by atoms with E-state index in [9.17, 15) is 4.79 Å². The van der Waals surface area contributed by atoms with Crippen LogP contribution in [0.4, 0.5) is 16.6 Å². The smallest absolute Gasteiger partial charge is 0.269 e. The lowest BCUT2D eigenvalue weighted by Crippen LogP contribution is -2.29. The van der Waals surface area contributed by atoms with Gasteiger partial charge in [-0.05, 0) is 30.7 Å². The summed E-state index contributed by atoms with van der Waals surface area (Å²) < 4.78 is 0. The summed E-state index contributed by atoms with van der Waals surface area (Å²) >= 11 is 2.92. The van der Waals surface area contributed by atoms with E-state index < -0.39 is 0 Å². The molecule has 1 fully saturated rings. The summed E-state index contributed by atoms with van der Waals surface area (Å²) in [6.07, 6.45) is 3.62. The zero-order valence-electron chi connectivity index (χ0n) is 11.0. The first-order valence-corrected chi connectivity index (χ1v) is 8.35. The van der Waals surface area contributed by atoms with Crippen molar-refractivity contribution >= 4 is 45.2 Å². The van der Waals surface area contributed by atoms with Crippen molar-refractivity contribution in [2.75, 3.05) is 29.0 Å². The molecule has 1 aliphatic heterocycles. The fourth-order valence-electron chi connectivity index (χ4n) is 2.23. The zero-order chi connectivity index (χ0) is 13.9. The molecule has 0 spiro atoms. The molecule has 0 saturated carbocycles. The molecule has 0 atom stereocenters. The molecule has 0 unspecified atom stereocenters. The molecule has 1 saturated heterocycles. The monoisotopic (exact) mass is 308 g/mol. The predicted octanol–water partition coefficient (Wildman–Crippen LogP) is 3.03. The van der Waals surface area contributed by atoms with Crippen molar-refractivity contribution in [1.82, 2.24) is 4.98 Å². The van der Waals surface area contributed by atoms with Crippen LogP contribution in [0.3, 0.4) is 0 Å². The maximum atomic E-state index is 12.2. The van der Waals surface area contributed by atoms with Crippen molar-refractivity contribution in [3.63, 3.8) is 0 Å². The van der Waals surface area contributed by atoms with Gasteiger partial charge in [0.05, 0.1) is 5.69 Å². The molecule has 7 heteroatoms. The number of carbonyl (C=O) groups is 1. The van der Waals surface area contributed by atoms with Gasteiger partial charge in [0, 0.05) is 18.5 Å². The van der Waals surface area contributed by atoms with Gasteiger partial charge < -0.3 is 16.0 Å². The number of thiophene rings is 1.